The van der Waals surface area contributed by atoms with Gasteiger partial charge in [0.2, 0.25) is 0 Å². The molecule has 0 aromatic heterocycles. The molecule has 1 aliphatic carbocycles. The summed E-state index contributed by atoms with van der Waals surface area (Å²) in [5.74, 6) is 0. The van der Waals surface area contributed by atoms with Gasteiger partial charge in [-0.05, 0) is 31.0 Å². The van der Waals surface area contributed by atoms with Gasteiger partial charge in [-0.3, -0.25) is 0 Å². The monoisotopic (exact) mass is 240 g/mol. The summed E-state index contributed by atoms with van der Waals surface area (Å²) in [5.41, 5.74) is 0.657. The van der Waals surface area contributed by atoms with Crippen molar-refractivity contribution in [2.24, 2.45) is 0 Å². The highest BCUT2D eigenvalue weighted by Gasteiger charge is 2.28. The van der Waals surface area contributed by atoms with Crippen LogP contribution in [0.1, 0.15) is 12.8 Å². The smallest absolute Gasteiger partial charge is 0.319 e. The van der Waals surface area contributed by atoms with Gasteiger partial charge in [-0.1, -0.05) is 17.7 Å². The summed E-state index contributed by atoms with van der Waals surface area (Å²) in [4.78, 5) is 11.5. The Morgan fingerprint density at radius 2 is 2.19 bits per heavy atom. The van der Waals surface area contributed by atoms with E-state index in [0.29, 0.717) is 23.6 Å². The average molecular weight is 241 g/mol. The number of urea groups is 1. The van der Waals surface area contributed by atoms with Gasteiger partial charge in [0.1, 0.15) is 0 Å². The molecule has 0 unspecified atom stereocenters. The van der Waals surface area contributed by atoms with Gasteiger partial charge in [0.05, 0.1) is 6.10 Å². The van der Waals surface area contributed by atoms with Crippen LogP contribution in [0, 0.1) is 0 Å². The van der Waals surface area contributed by atoms with E-state index in [9.17, 15) is 4.79 Å². The van der Waals surface area contributed by atoms with Crippen LogP contribution in [0.25, 0.3) is 0 Å². The van der Waals surface area contributed by atoms with Crippen molar-refractivity contribution in [2.75, 3.05) is 5.32 Å². The number of aliphatic hydroxyl groups is 1. The molecule has 0 heterocycles. The summed E-state index contributed by atoms with van der Waals surface area (Å²) in [5, 5.41) is 15.1. The lowest BCUT2D eigenvalue weighted by atomic mass is 9.90. The van der Waals surface area contributed by atoms with E-state index in [1.54, 1.807) is 24.3 Å². The summed E-state index contributed by atoms with van der Waals surface area (Å²) in [7, 11) is 0. The second-order valence-electron chi connectivity index (χ2n) is 3.93. The molecule has 16 heavy (non-hydrogen) atoms. The molecule has 0 atom stereocenters. The van der Waals surface area contributed by atoms with E-state index in [1.165, 1.54) is 0 Å². The van der Waals surface area contributed by atoms with Crippen LogP contribution in [0.4, 0.5) is 10.5 Å². The molecular formula is C11H13ClN2O2. The Kier molecular flexibility index (Phi) is 3.31. The number of hydrogen-bond acceptors (Lipinski definition) is 2. The number of nitrogens with one attached hydrogen (secondary N) is 2. The summed E-state index contributed by atoms with van der Waals surface area (Å²) in [6.07, 6.45) is 0.989. The Bertz CT molecular complexity index is 391. The van der Waals surface area contributed by atoms with Crippen molar-refractivity contribution in [2.45, 2.75) is 25.0 Å². The summed E-state index contributed by atoms with van der Waals surface area (Å²) in [6.45, 7) is 0. The molecule has 0 saturated heterocycles. The molecule has 1 aromatic carbocycles. The summed E-state index contributed by atoms with van der Waals surface area (Å²) >= 11 is 5.79. The van der Waals surface area contributed by atoms with Crippen LogP contribution in [-0.2, 0) is 0 Å². The maximum absolute atomic E-state index is 11.5. The number of anilines is 1. The first-order valence-electron chi connectivity index (χ1n) is 5.14. The van der Waals surface area contributed by atoms with Crippen LogP contribution < -0.4 is 10.6 Å². The minimum Gasteiger partial charge on any atom is -0.393 e. The number of benzene rings is 1. The van der Waals surface area contributed by atoms with Crippen molar-refractivity contribution in [1.29, 1.82) is 0 Å². The zero-order valence-electron chi connectivity index (χ0n) is 8.61. The molecule has 0 bridgehead atoms. The first kappa shape index (κ1) is 11.2. The van der Waals surface area contributed by atoms with Crippen LogP contribution in [0.2, 0.25) is 5.02 Å². The topological polar surface area (TPSA) is 61.4 Å². The Hall–Kier alpha value is -1.26. The van der Waals surface area contributed by atoms with Gasteiger partial charge >= 0.3 is 6.03 Å². The highest BCUT2D eigenvalue weighted by atomic mass is 35.5. The Morgan fingerprint density at radius 1 is 1.44 bits per heavy atom. The van der Waals surface area contributed by atoms with Gasteiger partial charge in [0.25, 0.3) is 0 Å². The maximum Gasteiger partial charge on any atom is 0.319 e. The average Bonchev–Trinajstić information content (AvgIpc) is 2.15. The Balaban J connectivity index is 1.83. The molecule has 1 aromatic rings. The van der Waals surface area contributed by atoms with Crippen LogP contribution in [0.3, 0.4) is 0 Å². The van der Waals surface area contributed by atoms with E-state index in [0.717, 1.165) is 0 Å². The first-order valence-corrected chi connectivity index (χ1v) is 5.52. The molecule has 3 N–H and O–H groups in total. The zero-order valence-corrected chi connectivity index (χ0v) is 9.37. The van der Waals surface area contributed by atoms with Crippen molar-refractivity contribution in [1.82, 2.24) is 5.32 Å². The fourth-order valence-corrected chi connectivity index (χ4v) is 1.81. The van der Waals surface area contributed by atoms with E-state index in [2.05, 4.69) is 10.6 Å². The fourth-order valence-electron chi connectivity index (χ4n) is 1.62. The number of aliphatic hydroxyl groups excluding tert-OH is 1. The van der Waals surface area contributed by atoms with Gasteiger partial charge < -0.3 is 15.7 Å². The third-order valence-corrected chi connectivity index (χ3v) is 2.77. The van der Waals surface area contributed by atoms with Crippen molar-refractivity contribution in [3.05, 3.63) is 29.3 Å². The van der Waals surface area contributed by atoms with E-state index in [-0.39, 0.29) is 18.2 Å². The van der Waals surface area contributed by atoms with Gasteiger partial charge in [-0.15, -0.1) is 0 Å². The third kappa shape index (κ3) is 2.87. The van der Waals surface area contributed by atoms with Crippen LogP contribution in [0.15, 0.2) is 24.3 Å². The molecular weight excluding hydrogens is 228 g/mol. The fraction of sp³-hybridized carbons (Fsp3) is 0.364. The van der Waals surface area contributed by atoms with Crippen molar-refractivity contribution < 1.29 is 9.90 Å². The second-order valence-corrected chi connectivity index (χ2v) is 4.37. The minimum absolute atomic E-state index is 0.0779. The lowest BCUT2D eigenvalue weighted by Crippen LogP contribution is -2.48. The number of rotatable bonds is 2. The van der Waals surface area contributed by atoms with Gasteiger partial charge in [-0.25, -0.2) is 4.79 Å². The molecule has 0 aliphatic heterocycles. The molecule has 2 rings (SSSR count). The molecule has 86 valence electrons. The zero-order chi connectivity index (χ0) is 11.5. The van der Waals surface area contributed by atoms with Gasteiger partial charge in [0, 0.05) is 16.8 Å². The van der Waals surface area contributed by atoms with Gasteiger partial charge in [-0.2, -0.15) is 0 Å². The lowest BCUT2D eigenvalue weighted by Gasteiger charge is -2.31. The summed E-state index contributed by atoms with van der Waals surface area (Å²) in [6, 6.07) is 6.77. The van der Waals surface area contributed by atoms with E-state index >= 15 is 0 Å². The third-order valence-electron chi connectivity index (χ3n) is 2.53. The minimum atomic E-state index is -0.267. The standard InChI is InChI=1S/C11H13ClN2O2/c12-7-2-1-3-8(4-7)13-11(16)14-9-5-10(15)6-9/h1-4,9-10,15H,5-6H2,(H2,13,14,16). The lowest BCUT2D eigenvalue weighted by molar-refractivity contribution is 0.0671. The predicted molar refractivity (Wildman–Crippen MR) is 62.6 cm³/mol. The molecule has 0 spiro atoms. The van der Waals surface area contributed by atoms with Crippen LogP contribution in [0.5, 0.6) is 0 Å². The van der Waals surface area contributed by atoms with Crippen molar-refractivity contribution in [3.8, 4) is 0 Å². The maximum atomic E-state index is 11.5. The number of carbonyl (C=O) groups excluding carboxylic acids is 1. The van der Waals surface area contributed by atoms with E-state index in [4.69, 9.17) is 16.7 Å². The van der Waals surface area contributed by atoms with E-state index in [1.807, 2.05) is 0 Å². The quantitative estimate of drug-likeness (QED) is 0.740. The highest BCUT2D eigenvalue weighted by molar-refractivity contribution is 6.30. The molecule has 1 aliphatic rings. The number of hydrogen-bond donors (Lipinski definition) is 3. The SMILES string of the molecule is O=C(Nc1cccc(Cl)c1)NC1CC(O)C1. The van der Waals surface area contributed by atoms with Crippen LogP contribution in [-0.4, -0.2) is 23.3 Å². The van der Waals surface area contributed by atoms with Crippen molar-refractivity contribution >= 4 is 23.3 Å². The van der Waals surface area contributed by atoms with Crippen molar-refractivity contribution in [3.63, 3.8) is 0 Å². The Morgan fingerprint density at radius 3 is 2.81 bits per heavy atom. The van der Waals surface area contributed by atoms with Crippen LogP contribution >= 0.6 is 11.6 Å². The highest BCUT2D eigenvalue weighted by Crippen LogP contribution is 2.19. The Labute approximate surface area is 98.6 Å². The molecule has 4 nitrogen and oxygen atoms in total. The largest absolute Gasteiger partial charge is 0.393 e. The molecule has 1 saturated carbocycles. The second kappa shape index (κ2) is 4.72. The predicted octanol–water partition coefficient (Wildman–Crippen LogP) is 1.98. The number of carbonyl (C=O) groups is 1. The summed E-state index contributed by atoms with van der Waals surface area (Å²) < 4.78 is 0. The normalized spacial score (nSPS) is 23.4. The molecule has 5 heteroatoms. The molecule has 2 amide bonds. The van der Waals surface area contributed by atoms with Gasteiger partial charge in [0.15, 0.2) is 0 Å². The molecule has 1 fully saturated rings. The number of amides is 2. The molecule has 0 radical (unpaired) electrons. The van der Waals surface area contributed by atoms with E-state index < -0.39 is 0 Å². The number of halogens is 1. The first-order chi connectivity index (χ1) is 7.63.